The van der Waals surface area contributed by atoms with E-state index in [-0.39, 0.29) is 0 Å². The highest BCUT2D eigenvalue weighted by atomic mass is 14.0. The largest absolute Gasteiger partial charge is 0.0991 e. The van der Waals surface area contributed by atoms with Gasteiger partial charge in [0.05, 0.1) is 0 Å². The third-order valence-electron chi connectivity index (χ3n) is 2.72. The maximum absolute atomic E-state index is 3.63. The Kier molecular flexibility index (Phi) is 13.5. The van der Waals surface area contributed by atoms with E-state index in [0.29, 0.717) is 0 Å². The van der Waals surface area contributed by atoms with Crippen molar-refractivity contribution in [2.45, 2.75) is 64.7 Å². The van der Waals surface area contributed by atoms with Crippen LogP contribution in [0.2, 0.25) is 0 Å². The highest BCUT2D eigenvalue weighted by Gasteiger charge is 1.89. The first-order valence-corrected chi connectivity index (χ1v) is 6.86. The summed E-state index contributed by atoms with van der Waals surface area (Å²) in [5.41, 5.74) is 0. The minimum atomic E-state index is 1.22. The molecule has 0 aliphatic heterocycles. The van der Waals surface area contributed by atoms with Crippen molar-refractivity contribution in [3.05, 3.63) is 37.0 Å². The van der Waals surface area contributed by atoms with E-state index < -0.39 is 0 Å². The number of allylic oxidation sites excluding steroid dienone is 5. The third kappa shape index (κ3) is 13.2. The summed E-state index contributed by atoms with van der Waals surface area (Å²) in [7, 11) is 0. The third-order valence-corrected chi connectivity index (χ3v) is 2.72. The van der Waals surface area contributed by atoms with E-state index in [0.717, 1.165) is 0 Å². The molecule has 0 rings (SSSR count). The predicted octanol–water partition coefficient (Wildman–Crippen LogP) is 5.82. The van der Waals surface area contributed by atoms with Gasteiger partial charge < -0.3 is 0 Å². The van der Waals surface area contributed by atoms with Crippen molar-refractivity contribution in [1.29, 1.82) is 0 Å². The fourth-order valence-electron chi connectivity index (χ4n) is 1.71. The van der Waals surface area contributed by atoms with Crippen LogP contribution in [0.3, 0.4) is 0 Å². The molecular formula is C16H28. The average Bonchev–Trinajstić information content (AvgIpc) is 2.31. The fourth-order valence-corrected chi connectivity index (χ4v) is 1.71. The van der Waals surface area contributed by atoms with Crippen LogP contribution in [-0.2, 0) is 0 Å². The summed E-state index contributed by atoms with van der Waals surface area (Å²) >= 11 is 0. The van der Waals surface area contributed by atoms with Gasteiger partial charge >= 0.3 is 0 Å². The first kappa shape index (κ1) is 15.2. The lowest BCUT2D eigenvalue weighted by Crippen LogP contribution is -1.79. The van der Waals surface area contributed by atoms with Crippen LogP contribution < -0.4 is 0 Å². The van der Waals surface area contributed by atoms with Gasteiger partial charge in [0.25, 0.3) is 0 Å². The lowest BCUT2D eigenvalue weighted by Gasteiger charge is -1.99. The zero-order valence-corrected chi connectivity index (χ0v) is 11.0. The summed E-state index contributed by atoms with van der Waals surface area (Å²) < 4.78 is 0. The molecule has 0 aromatic heterocycles. The Morgan fingerprint density at radius 1 is 0.750 bits per heavy atom. The van der Waals surface area contributed by atoms with E-state index in [1.807, 2.05) is 12.2 Å². The van der Waals surface area contributed by atoms with Gasteiger partial charge in [-0.25, -0.2) is 0 Å². The second-order valence-corrected chi connectivity index (χ2v) is 4.31. The molecule has 0 spiro atoms. The molecular weight excluding hydrogens is 192 g/mol. The van der Waals surface area contributed by atoms with Gasteiger partial charge in [-0.1, -0.05) is 88.8 Å². The van der Waals surface area contributed by atoms with Gasteiger partial charge in [0.2, 0.25) is 0 Å². The summed E-state index contributed by atoms with van der Waals surface area (Å²) in [6, 6.07) is 0. The molecule has 0 radical (unpaired) electrons. The summed E-state index contributed by atoms with van der Waals surface area (Å²) in [6.07, 6.45) is 22.6. The topological polar surface area (TPSA) is 0 Å². The first-order valence-electron chi connectivity index (χ1n) is 6.86. The first-order chi connectivity index (χ1) is 7.91. The minimum Gasteiger partial charge on any atom is -0.0991 e. The van der Waals surface area contributed by atoms with Crippen molar-refractivity contribution < 1.29 is 0 Å². The summed E-state index contributed by atoms with van der Waals surface area (Å²) in [5, 5.41) is 0. The molecule has 16 heavy (non-hydrogen) atoms. The van der Waals surface area contributed by atoms with Crippen molar-refractivity contribution in [1.82, 2.24) is 0 Å². The SMILES string of the molecule is C=C/C=C\C=C\CCCCCCCCCC. The Morgan fingerprint density at radius 3 is 2.00 bits per heavy atom. The van der Waals surface area contributed by atoms with Gasteiger partial charge in [-0.2, -0.15) is 0 Å². The van der Waals surface area contributed by atoms with Gasteiger partial charge in [-0.3, -0.25) is 0 Å². The normalized spacial score (nSPS) is 11.6. The summed E-state index contributed by atoms with van der Waals surface area (Å²) in [5.74, 6) is 0. The molecule has 0 atom stereocenters. The molecule has 0 nitrogen and oxygen atoms in total. The Morgan fingerprint density at radius 2 is 1.38 bits per heavy atom. The van der Waals surface area contributed by atoms with Gasteiger partial charge in [0.15, 0.2) is 0 Å². The Hall–Kier alpha value is -0.780. The van der Waals surface area contributed by atoms with Crippen molar-refractivity contribution in [3.8, 4) is 0 Å². The van der Waals surface area contributed by atoms with Crippen LogP contribution in [0.1, 0.15) is 64.7 Å². The van der Waals surface area contributed by atoms with Gasteiger partial charge in [-0.15, -0.1) is 0 Å². The minimum absolute atomic E-state index is 1.22. The lowest BCUT2D eigenvalue weighted by molar-refractivity contribution is 0.577. The maximum Gasteiger partial charge on any atom is -0.0348 e. The number of hydrogen-bond acceptors (Lipinski definition) is 0. The van der Waals surface area contributed by atoms with Crippen molar-refractivity contribution in [3.63, 3.8) is 0 Å². The molecule has 92 valence electrons. The highest BCUT2D eigenvalue weighted by molar-refractivity contribution is 5.08. The van der Waals surface area contributed by atoms with Crippen LogP contribution in [0.15, 0.2) is 37.0 Å². The highest BCUT2D eigenvalue weighted by Crippen LogP contribution is 2.09. The molecule has 0 aromatic carbocycles. The zero-order chi connectivity index (χ0) is 11.9. The standard InChI is InChI=1S/C16H28/c1-3-5-7-9-11-13-15-16-14-12-10-8-6-4-2/h3,5,7,9,11H,1,4,6,8,10,12-16H2,2H3/b7-5-,11-9+. The average molecular weight is 220 g/mol. The van der Waals surface area contributed by atoms with Crippen LogP contribution in [0.5, 0.6) is 0 Å². The molecule has 0 aliphatic rings. The fraction of sp³-hybridized carbons (Fsp3) is 0.625. The van der Waals surface area contributed by atoms with E-state index in [1.165, 1.54) is 57.8 Å². The molecule has 0 N–H and O–H groups in total. The summed E-state index contributed by atoms with van der Waals surface area (Å²) in [6.45, 7) is 5.90. The lowest BCUT2D eigenvalue weighted by atomic mass is 10.1. The van der Waals surface area contributed by atoms with Crippen molar-refractivity contribution in [2.24, 2.45) is 0 Å². The predicted molar refractivity (Wildman–Crippen MR) is 75.7 cm³/mol. The van der Waals surface area contributed by atoms with Crippen LogP contribution >= 0.6 is 0 Å². The van der Waals surface area contributed by atoms with Crippen molar-refractivity contribution >= 4 is 0 Å². The molecule has 0 heterocycles. The molecule has 0 bridgehead atoms. The van der Waals surface area contributed by atoms with E-state index in [2.05, 4.69) is 25.7 Å². The van der Waals surface area contributed by atoms with Crippen LogP contribution in [0.25, 0.3) is 0 Å². The van der Waals surface area contributed by atoms with Crippen LogP contribution in [-0.4, -0.2) is 0 Å². The summed E-state index contributed by atoms with van der Waals surface area (Å²) in [4.78, 5) is 0. The number of unbranched alkanes of at least 4 members (excludes halogenated alkanes) is 8. The van der Waals surface area contributed by atoms with Crippen molar-refractivity contribution in [2.75, 3.05) is 0 Å². The Labute approximate surface area is 102 Å². The van der Waals surface area contributed by atoms with Gasteiger partial charge in [0, 0.05) is 0 Å². The smallest absolute Gasteiger partial charge is 0.0348 e. The molecule has 0 aliphatic carbocycles. The molecule has 0 unspecified atom stereocenters. The van der Waals surface area contributed by atoms with Gasteiger partial charge in [-0.05, 0) is 12.8 Å². The van der Waals surface area contributed by atoms with E-state index in [4.69, 9.17) is 0 Å². The molecule has 0 saturated carbocycles. The second kappa shape index (κ2) is 14.2. The van der Waals surface area contributed by atoms with E-state index in [9.17, 15) is 0 Å². The Balaban J connectivity index is 3.06. The van der Waals surface area contributed by atoms with Crippen LogP contribution in [0, 0.1) is 0 Å². The molecule has 0 amide bonds. The Bertz CT molecular complexity index is 186. The quantitative estimate of drug-likeness (QED) is 0.304. The van der Waals surface area contributed by atoms with Crippen LogP contribution in [0.4, 0.5) is 0 Å². The van der Waals surface area contributed by atoms with Gasteiger partial charge in [0.1, 0.15) is 0 Å². The monoisotopic (exact) mass is 220 g/mol. The van der Waals surface area contributed by atoms with E-state index in [1.54, 1.807) is 6.08 Å². The maximum atomic E-state index is 3.63. The zero-order valence-electron chi connectivity index (χ0n) is 11.0. The molecule has 0 saturated heterocycles. The second-order valence-electron chi connectivity index (χ2n) is 4.31. The molecule has 0 aromatic rings. The number of rotatable bonds is 11. The van der Waals surface area contributed by atoms with E-state index >= 15 is 0 Å². The molecule has 0 heteroatoms. The number of hydrogen-bond donors (Lipinski definition) is 0. The molecule has 0 fully saturated rings.